The van der Waals surface area contributed by atoms with Crippen molar-refractivity contribution in [3.05, 3.63) is 54.6 Å². The lowest BCUT2D eigenvalue weighted by Crippen LogP contribution is -2.44. The van der Waals surface area contributed by atoms with Crippen molar-refractivity contribution in [2.75, 3.05) is 38.7 Å². The Labute approximate surface area is 176 Å². The number of carbonyl (C=O) groups is 3. The number of carbonyl (C=O) groups excluding carboxylic acids is 3. The molecule has 160 valence electrons. The molecular weight excluding hydrogens is 386 g/mol. The van der Waals surface area contributed by atoms with Crippen molar-refractivity contribution >= 4 is 23.4 Å². The molecule has 0 saturated carbocycles. The second-order valence-electron chi connectivity index (χ2n) is 6.47. The standard InChI is InChI=1S/C22H27N3O5/c1-3-13-25(22(28)16-30-19-7-5-4-6-8-19)15-21(27)23-14-20(26)24-17-9-11-18(29-2)12-10-17/h4-12H,3,13-16H2,1-2H3,(H,23,27)(H,24,26). The van der Waals surface area contributed by atoms with Crippen LogP contribution >= 0.6 is 0 Å². The predicted molar refractivity (Wildman–Crippen MR) is 113 cm³/mol. The van der Waals surface area contributed by atoms with Gasteiger partial charge >= 0.3 is 0 Å². The largest absolute Gasteiger partial charge is 0.497 e. The van der Waals surface area contributed by atoms with E-state index in [0.717, 1.165) is 0 Å². The zero-order valence-corrected chi connectivity index (χ0v) is 17.2. The van der Waals surface area contributed by atoms with Crippen LogP contribution in [-0.4, -0.2) is 56.0 Å². The van der Waals surface area contributed by atoms with Crippen LogP contribution < -0.4 is 20.1 Å². The summed E-state index contributed by atoms with van der Waals surface area (Å²) in [6.45, 7) is 1.84. The third-order valence-corrected chi connectivity index (χ3v) is 4.11. The normalized spacial score (nSPS) is 10.1. The molecule has 3 amide bonds. The summed E-state index contributed by atoms with van der Waals surface area (Å²) in [7, 11) is 1.56. The van der Waals surface area contributed by atoms with E-state index in [1.807, 2.05) is 25.1 Å². The molecule has 0 heterocycles. The van der Waals surface area contributed by atoms with Gasteiger partial charge in [-0.15, -0.1) is 0 Å². The molecular formula is C22H27N3O5. The first-order valence-electron chi connectivity index (χ1n) is 9.68. The van der Waals surface area contributed by atoms with Gasteiger partial charge in [-0.2, -0.15) is 0 Å². The van der Waals surface area contributed by atoms with E-state index in [-0.39, 0.29) is 31.5 Å². The minimum atomic E-state index is -0.415. The lowest BCUT2D eigenvalue weighted by atomic mass is 10.3. The number of methoxy groups -OCH3 is 1. The van der Waals surface area contributed by atoms with Gasteiger partial charge in [-0.3, -0.25) is 14.4 Å². The third-order valence-electron chi connectivity index (χ3n) is 4.11. The number of hydrogen-bond donors (Lipinski definition) is 2. The van der Waals surface area contributed by atoms with Crippen molar-refractivity contribution in [3.8, 4) is 11.5 Å². The highest BCUT2D eigenvalue weighted by Crippen LogP contribution is 2.14. The Kier molecular flexibility index (Phi) is 9.18. The summed E-state index contributed by atoms with van der Waals surface area (Å²) >= 11 is 0. The van der Waals surface area contributed by atoms with Gasteiger partial charge in [-0.25, -0.2) is 0 Å². The highest BCUT2D eigenvalue weighted by Gasteiger charge is 2.17. The highest BCUT2D eigenvalue weighted by atomic mass is 16.5. The number of benzene rings is 2. The Balaban J connectivity index is 1.77. The summed E-state index contributed by atoms with van der Waals surface area (Å²) in [6.07, 6.45) is 0.697. The zero-order valence-electron chi connectivity index (χ0n) is 17.2. The van der Waals surface area contributed by atoms with Crippen molar-refractivity contribution in [2.45, 2.75) is 13.3 Å². The first-order valence-corrected chi connectivity index (χ1v) is 9.68. The number of rotatable bonds is 11. The number of ether oxygens (including phenoxy) is 2. The van der Waals surface area contributed by atoms with Gasteiger partial charge in [0, 0.05) is 12.2 Å². The fourth-order valence-corrected chi connectivity index (χ4v) is 2.60. The SMILES string of the molecule is CCCN(CC(=O)NCC(=O)Nc1ccc(OC)cc1)C(=O)COc1ccccc1. The molecule has 2 rings (SSSR count). The van der Waals surface area contributed by atoms with E-state index in [9.17, 15) is 14.4 Å². The van der Waals surface area contributed by atoms with Crippen molar-refractivity contribution in [2.24, 2.45) is 0 Å². The summed E-state index contributed by atoms with van der Waals surface area (Å²) in [5.41, 5.74) is 0.593. The van der Waals surface area contributed by atoms with Gasteiger partial charge in [0.15, 0.2) is 6.61 Å². The topological polar surface area (TPSA) is 97.0 Å². The van der Waals surface area contributed by atoms with E-state index in [2.05, 4.69) is 10.6 Å². The molecule has 2 aromatic carbocycles. The molecule has 0 fully saturated rings. The lowest BCUT2D eigenvalue weighted by Gasteiger charge is -2.21. The molecule has 0 unspecified atom stereocenters. The molecule has 0 atom stereocenters. The van der Waals surface area contributed by atoms with Gasteiger partial charge in [-0.05, 0) is 42.8 Å². The average molecular weight is 413 g/mol. The van der Waals surface area contributed by atoms with Gasteiger partial charge in [0.25, 0.3) is 5.91 Å². The number of nitrogens with one attached hydrogen (secondary N) is 2. The Morgan fingerprint density at radius 1 is 0.933 bits per heavy atom. The van der Waals surface area contributed by atoms with Crippen LogP contribution in [0.15, 0.2) is 54.6 Å². The van der Waals surface area contributed by atoms with Gasteiger partial charge in [0.2, 0.25) is 11.8 Å². The Hall–Kier alpha value is -3.55. The van der Waals surface area contributed by atoms with Gasteiger partial charge in [0.05, 0.1) is 20.2 Å². The summed E-state index contributed by atoms with van der Waals surface area (Å²) < 4.78 is 10.5. The fourth-order valence-electron chi connectivity index (χ4n) is 2.60. The molecule has 0 spiro atoms. The van der Waals surface area contributed by atoms with Crippen LogP contribution in [0.5, 0.6) is 11.5 Å². The Morgan fingerprint density at radius 2 is 1.63 bits per heavy atom. The predicted octanol–water partition coefficient (Wildman–Crippen LogP) is 2.07. The van der Waals surface area contributed by atoms with E-state index in [0.29, 0.717) is 30.2 Å². The molecule has 0 saturated heterocycles. The monoisotopic (exact) mass is 413 g/mol. The van der Waals surface area contributed by atoms with E-state index in [4.69, 9.17) is 9.47 Å². The van der Waals surface area contributed by atoms with Gasteiger partial charge in [-0.1, -0.05) is 25.1 Å². The molecule has 2 aromatic rings. The molecule has 8 nitrogen and oxygen atoms in total. The summed E-state index contributed by atoms with van der Waals surface area (Å²) in [4.78, 5) is 38.0. The van der Waals surface area contributed by atoms with E-state index in [1.165, 1.54) is 4.90 Å². The van der Waals surface area contributed by atoms with Crippen LogP contribution in [0.25, 0.3) is 0 Å². The Morgan fingerprint density at radius 3 is 2.27 bits per heavy atom. The quantitative estimate of drug-likeness (QED) is 0.588. The highest BCUT2D eigenvalue weighted by molar-refractivity contribution is 5.95. The lowest BCUT2D eigenvalue weighted by molar-refractivity contribution is -0.137. The molecule has 0 aliphatic rings. The second kappa shape index (κ2) is 12.1. The number of anilines is 1. The summed E-state index contributed by atoms with van der Waals surface area (Å²) in [6, 6.07) is 15.8. The van der Waals surface area contributed by atoms with E-state index in [1.54, 1.807) is 43.5 Å². The maximum absolute atomic E-state index is 12.4. The molecule has 0 bridgehead atoms. The molecule has 2 N–H and O–H groups in total. The molecule has 0 aliphatic heterocycles. The van der Waals surface area contributed by atoms with Crippen LogP contribution in [0, 0.1) is 0 Å². The zero-order chi connectivity index (χ0) is 21.8. The van der Waals surface area contributed by atoms with E-state index >= 15 is 0 Å². The molecule has 30 heavy (non-hydrogen) atoms. The smallest absolute Gasteiger partial charge is 0.260 e. The molecule has 8 heteroatoms. The summed E-state index contributed by atoms with van der Waals surface area (Å²) in [5, 5.41) is 5.21. The van der Waals surface area contributed by atoms with Crippen LogP contribution in [0.1, 0.15) is 13.3 Å². The third kappa shape index (κ3) is 7.83. The van der Waals surface area contributed by atoms with Crippen molar-refractivity contribution in [1.29, 1.82) is 0 Å². The maximum atomic E-state index is 12.4. The van der Waals surface area contributed by atoms with Gasteiger partial charge < -0.3 is 25.0 Å². The fraction of sp³-hybridized carbons (Fsp3) is 0.318. The minimum Gasteiger partial charge on any atom is -0.497 e. The molecule has 0 aromatic heterocycles. The number of hydrogen-bond acceptors (Lipinski definition) is 5. The molecule has 0 aliphatic carbocycles. The van der Waals surface area contributed by atoms with Crippen LogP contribution in [0.3, 0.4) is 0 Å². The van der Waals surface area contributed by atoms with Crippen LogP contribution in [0.4, 0.5) is 5.69 Å². The van der Waals surface area contributed by atoms with E-state index < -0.39 is 5.91 Å². The summed E-state index contributed by atoms with van der Waals surface area (Å²) in [5.74, 6) is 0.189. The Bertz CT molecular complexity index is 824. The van der Waals surface area contributed by atoms with Crippen molar-refractivity contribution in [1.82, 2.24) is 10.2 Å². The first-order chi connectivity index (χ1) is 14.5. The number of nitrogens with zero attached hydrogens (tertiary/aromatic N) is 1. The minimum absolute atomic E-state index is 0.138. The van der Waals surface area contributed by atoms with Crippen LogP contribution in [-0.2, 0) is 14.4 Å². The number of amides is 3. The van der Waals surface area contributed by atoms with Crippen molar-refractivity contribution in [3.63, 3.8) is 0 Å². The second-order valence-corrected chi connectivity index (χ2v) is 6.47. The first kappa shape index (κ1) is 22.7. The van der Waals surface area contributed by atoms with Crippen LogP contribution in [0.2, 0.25) is 0 Å². The number of para-hydroxylation sites is 1. The molecule has 0 radical (unpaired) electrons. The maximum Gasteiger partial charge on any atom is 0.260 e. The average Bonchev–Trinajstić information content (AvgIpc) is 2.77. The van der Waals surface area contributed by atoms with Crippen molar-refractivity contribution < 1.29 is 23.9 Å². The van der Waals surface area contributed by atoms with Gasteiger partial charge in [0.1, 0.15) is 11.5 Å².